The lowest BCUT2D eigenvalue weighted by atomic mass is 10.1. The van der Waals surface area contributed by atoms with Crippen LogP contribution in [0.4, 0.5) is 22.0 Å². The van der Waals surface area contributed by atoms with E-state index in [1.807, 2.05) is 0 Å². The van der Waals surface area contributed by atoms with Gasteiger partial charge in [-0.3, -0.25) is 9.00 Å². The Kier molecular flexibility index (Phi) is 9.30. The first kappa shape index (κ1) is 21.4. The molecule has 0 N–H and O–H groups in total. The average Bonchev–Trinajstić information content (AvgIpc) is 2.36. The van der Waals surface area contributed by atoms with E-state index in [0.717, 1.165) is 0 Å². The number of ketones is 1. The van der Waals surface area contributed by atoms with Crippen LogP contribution >= 0.6 is 0 Å². The van der Waals surface area contributed by atoms with E-state index in [4.69, 9.17) is 4.74 Å². The van der Waals surface area contributed by atoms with E-state index in [0.29, 0.717) is 19.3 Å². The highest BCUT2D eigenvalue weighted by atomic mass is 32.2. The standard InChI is InChI=1S/C13H21F5O3S/c1-10(19)11(21-2)6-3-4-8-22(20)9-5-7-12(14,15)13(16,17)18/h11H,3-9H2,1-2H3. The zero-order valence-electron chi connectivity index (χ0n) is 12.5. The van der Waals surface area contributed by atoms with Gasteiger partial charge in [-0.25, -0.2) is 0 Å². The van der Waals surface area contributed by atoms with E-state index >= 15 is 0 Å². The number of hydrogen-bond donors (Lipinski definition) is 0. The summed E-state index contributed by atoms with van der Waals surface area (Å²) < 4.78 is 77.4. The number of rotatable bonds is 11. The van der Waals surface area contributed by atoms with Gasteiger partial charge in [-0.15, -0.1) is 0 Å². The number of methoxy groups -OCH3 is 1. The van der Waals surface area contributed by atoms with Gasteiger partial charge in [0.2, 0.25) is 0 Å². The number of alkyl halides is 5. The maximum atomic E-state index is 12.6. The fourth-order valence-corrected chi connectivity index (χ4v) is 2.98. The minimum Gasteiger partial charge on any atom is -0.374 e. The largest absolute Gasteiger partial charge is 0.453 e. The van der Waals surface area contributed by atoms with Crippen LogP contribution in [0.2, 0.25) is 0 Å². The molecular weight excluding hydrogens is 331 g/mol. The van der Waals surface area contributed by atoms with Gasteiger partial charge >= 0.3 is 12.1 Å². The van der Waals surface area contributed by atoms with Crippen molar-refractivity contribution in [3.05, 3.63) is 0 Å². The average molecular weight is 352 g/mol. The van der Waals surface area contributed by atoms with Gasteiger partial charge in [0.05, 0.1) is 0 Å². The number of carbonyl (C=O) groups is 1. The van der Waals surface area contributed by atoms with Gasteiger partial charge in [0.15, 0.2) is 5.78 Å². The maximum absolute atomic E-state index is 12.6. The molecule has 0 saturated carbocycles. The van der Waals surface area contributed by atoms with Crippen molar-refractivity contribution >= 4 is 16.6 Å². The SMILES string of the molecule is COC(CCCCS(=O)CCCC(F)(F)C(F)(F)F)C(C)=O. The predicted molar refractivity (Wildman–Crippen MR) is 73.4 cm³/mol. The van der Waals surface area contributed by atoms with Crippen LogP contribution in [0.3, 0.4) is 0 Å². The minimum absolute atomic E-state index is 0.113. The number of halogens is 5. The molecule has 0 saturated heterocycles. The second kappa shape index (κ2) is 9.54. The molecule has 0 aliphatic rings. The van der Waals surface area contributed by atoms with Gasteiger partial charge in [0.25, 0.3) is 0 Å². The monoisotopic (exact) mass is 352 g/mol. The third-order valence-electron chi connectivity index (χ3n) is 3.10. The summed E-state index contributed by atoms with van der Waals surface area (Å²) in [6.07, 6.45) is -6.34. The summed E-state index contributed by atoms with van der Waals surface area (Å²) in [5.74, 6) is -4.82. The van der Waals surface area contributed by atoms with Crippen molar-refractivity contribution in [2.45, 2.75) is 57.2 Å². The molecule has 9 heteroatoms. The summed E-state index contributed by atoms with van der Waals surface area (Å²) >= 11 is 0. The Balaban J connectivity index is 3.86. The Hall–Kier alpha value is -0.570. The molecule has 2 unspecified atom stereocenters. The van der Waals surface area contributed by atoms with Crippen LogP contribution in [-0.4, -0.2) is 46.8 Å². The summed E-state index contributed by atoms with van der Waals surface area (Å²) in [4.78, 5) is 11.1. The molecule has 0 aromatic heterocycles. The van der Waals surface area contributed by atoms with Gasteiger partial charge in [-0.2, -0.15) is 22.0 Å². The summed E-state index contributed by atoms with van der Waals surface area (Å²) in [7, 11) is -0.0275. The Labute approximate surface area is 129 Å². The van der Waals surface area contributed by atoms with E-state index in [1.165, 1.54) is 14.0 Å². The van der Waals surface area contributed by atoms with Crippen molar-refractivity contribution in [1.29, 1.82) is 0 Å². The second-order valence-electron chi connectivity index (χ2n) is 4.98. The van der Waals surface area contributed by atoms with Gasteiger partial charge in [-0.1, -0.05) is 0 Å². The van der Waals surface area contributed by atoms with Crippen molar-refractivity contribution in [3.63, 3.8) is 0 Å². The summed E-state index contributed by atoms with van der Waals surface area (Å²) in [5, 5.41) is 0. The molecule has 0 aliphatic heterocycles. The summed E-state index contributed by atoms with van der Waals surface area (Å²) in [6, 6.07) is 0. The van der Waals surface area contributed by atoms with E-state index < -0.39 is 41.8 Å². The lowest BCUT2D eigenvalue weighted by molar-refractivity contribution is -0.284. The molecule has 3 nitrogen and oxygen atoms in total. The minimum atomic E-state index is -5.56. The number of carbonyl (C=O) groups excluding carboxylic acids is 1. The number of Topliss-reactive ketones (excluding diaryl/α,β-unsaturated/α-hetero) is 1. The number of ether oxygens (including phenoxy) is 1. The molecule has 0 bridgehead atoms. The van der Waals surface area contributed by atoms with Gasteiger partial charge < -0.3 is 4.74 Å². The van der Waals surface area contributed by atoms with Crippen LogP contribution in [0.25, 0.3) is 0 Å². The maximum Gasteiger partial charge on any atom is 0.453 e. The fraction of sp³-hybridized carbons (Fsp3) is 0.923. The first-order chi connectivity index (χ1) is 10.0. The van der Waals surface area contributed by atoms with E-state index in [-0.39, 0.29) is 17.3 Å². The lowest BCUT2D eigenvalue weighted by Gasteiger charge is -2.19. The van der Waals surface area contributed by atoms with Gasteiger partial charge in [0.1, 0.15) is 6.10 Å². The van der Waals surface area contributed by atoms with Gasteiger partial charge in [-0.05, 0) is 32.6 Å². The molecule has 0 heterocycles. The molecule has 0 aromatic rings. The first-order valence-corrected chi connectivity index (χ1v) is 8.33. The molecule has 0 radical (unpaired) electrons. The number of hydrogen-bond acceptors (Lipinski definition) is 3. The fourth-order valence-electron chi connectivity index (χ4n) is 1.78. The Morgan fingerprint density at radius 1 is 1.09 bits per heavy atom. The molecule has 0 aliphatic carbocycles. The molecule has 0 aromatic carbocycles. The van der Waals surface area contributed by atoms with Crippen molar-refractivity contribution in [3.8, 4) is 0 Å². The van der Waals surface area contributed by atoms with Crippen LogP contribution in [0.15, 0.2) is 0 Å². The highest BCUT2D eigenvalue weighted by Crippen LogP contribution is 2.38. The summed E-state index contributed by atoms with van der Waals surface area (Å²) in [6.45, 7) is 1.40. The molecule has 2 atom stereocenters. The molecule has 0 rings (SSSR count). The highest BCUT2D eigenvalue weighted by molar-refractivity contribution is 7.84. The first-order valence-electron chi connectivity index (χ1n) is 6.84. The zero-order valence-corrected chi connectivity index (χ0v) is 13.4. The summed E-state index contributed by atoms with van der Waals surface area (Å²) in [5.41, 5.74) is 0. The molecule has 22 heavy (non-hydrogen) atoms. The smallest absolute Gasteiger partial charge is 0.374 e. The predicted octanol–water partition coefficient (Wildman–Crippen LogP) is 3.49. The van der Waals surface area contributed by atoms with Crippen LogP contribution in [0.1, 0.15) is 39.0 Å². The third-order valence-corrected chi connectivity index (χ3v) is 4.59. The molecule has 0 spiro atoms. The highest BCUT2D eigenvalue weighted by Gasteiger charge is 2.56. The molecular formula is C13H21F5O3S. The lowest BCUT2D eigenvalue weighted by Crippen LogP contribution is -2.36. The van der Waals surface area contributed by atoms with Crippen molar-refractivity contribution < 1.29 is 35.7 Å². The Bertz CT molecular complexity index is 371. The van der Waals surface area contributed by atoms with Crippen molar-refractivity contribution in [2.24, 2.45) is 0 Å². The van der Waals surface area contributed by atoms with Crippen LogP contribution in [0, 0.1) is 0 Å². The Morgan fingerprint density at radius 3 is 2.09 bits per heavy atom. The van der Waals surface area contributed by atoms with E-state index in [2.05, 4.69) is 0 Å². The normalized spacial score (nSPS) is 15.6. The van der Waals surface area contributed by atoms with Crippen molar-refractivity contribution in [2.75, 3.05) is 18.6 Å². The van der Waals surface area contributed by atoms with Crippen LogP contribution in [0.5, 0.6) is 0 Å². The second-order valence-corrected chi connectivity index (χ2v) is 6.68. The number of unbranched alkanes of at least 4 members (excludes halogenated alkanes) is 1. The van der Waals surface area contributed by atoms with E-state index in [1.54, 1.807) is 0 Å². The Morgan fingerprint density at radius 2 is 1.64 bits per heavy atom. The quantitative estimate of drug-likeness (QED) is 0.422. The van der Waals surface area contributed by atoms with Crippen LogP contribution in [-0.2, 0) is 20.3 Å². The topological polar surface area (TPSA) is 43.4 Å². The zero-order chi connectivity index (χ0) is 17.4. The van der Waals surface area contributed by atoms with Crippen molar-refractivity contribution in [1.82, 2.24) is 0 Å². The van der Waals surface area contributed by atoms with Crippen LogP contribution < -0.4 is 0 Å². The third kappa shape index (κ3) is 8.17. The molecule has 132 valence electrons. The van der Waals surface area contributed by atoms with E-state index in [9.17, 15) is 31.0 Å². The van der Waals surface area contributed by atoms with Gasteiger partial charge in [0, 0.05) is 35.8 Å². The molecule has 0 fully saturated rings. The molecule has 0 amide bonds.